The third-order valence-electron chi connectivity index (χ3n) is 3.15. The van der Waals surface area contributed by atoms with Crippen LogP contribution in [0.1, 0.15) is 0 Å². The van der Waals surface area contributed by atoms with Crippen molar-refractivity contribution in [1.29, 1.82) is 0 Å². The van der Waals surface area contributed by atoms with Crippen LogP contribution in [0.25, 0.3) is 33.5 Å². The molecule has 8 nitrogen and oxygen atoms in total. The number of anilines is 2. The molecule has 0 bridgehead atoms. The van der Waals surface area contributed by atoms with Crippen LogP contribution in [0.3, 0.4) is 0 Å². The van der Waals surface area contributed by atoms with Crippen molar-refractivity contribution in [2.45, 2.75) is 0 Å². The molecule has 0 aliphatic heterocycles. The van der Waals surface area contributed by atoms with Gasteiger partial charge in [0.25, 0.3) is 0 Å². The summed E-state index contributed by atoms with van der Waals surface area (Å²) < 4.78 is 20.3. The molecule has 0 atom stereocenters. The van der Waals surface area contributed by atoms with Crippen molar-refractivity contribution < 1.29 is 17.7 Å². The molecule has 0 aliphatic rings. The number of nitrogen functional groups attached to an aromatic ring is 2. The number of rotatable bonds is 1. The summed E-state index contributed by atoms with van der Waals surface area (Å²) in [6, 6.07) is 5.93. The van der Waals surface area contributed by atoms with Gasteiger partial charge in [0, 0.05) is 22.9 Å². The van der Waals surface area contributed by atoms with E-state index in [2.05, 4.69) is 0 Å². The van der Waals surface area contributed by atoms with Gasteiger partial charge >= 0.3 is 11.3 Å². The summed E-state index contributed by atoms with van der Waals surface area (Å²) in [6.07, 6.45) is 0. The zero-order valence-corrected chi connectivity index (χ0v) is 10.9. The Kier molecular flexibility index (Phi) is 2.27. The highest BCUT2D eigenvalue weighted by Gasteiger charge is 2.16. The number of hydrogen-bond donors (Lipinski definition) is 2. The first kappa shape index (κ1) is 12.3. The van der Waals surface area contributed by atoms with E-state index in [9.17, 15) is 9.59 Å². The van der Waals surface area contributed by atoms with E-state index in [4.69, 9.17) is 29.1 Å². The predicted molar refractivity (Wildman–Crippen MR) is 77.3 cm³/mol. The molecule has 0 aliphatic carbocycles. The maximum absolute atomic E-state index is 11.9. The summed E-state index contributed by atoms with van der Waals surface area (Å²) in [6.45, 7) is 0. The van der Waals surface area contributed by atoms with Crippen molar-refractivity contribution in [3.8, 4) is 11.5 Å². The van der Waals surface area contributed by atoms with Crippen LogP contribution < -0.4 is 22.7 Å². The third-order valence-corrected chi connectivity index (χ3v) is 3.15. The van der Waals surface area contributed by atoms with Crippen LogP contribution in [-0.4, -0.2) is 0 Å². The van der Waals surface area contributed by atoms with Gasteiger partial charge in [0.05, 0.1) is 0 Å². The molecule has 4 rings (SSSR count). The Labute approximate surface area is 120 Å². The molecule has 8 heteroatoms. The lowest BCUT2D eigenvalue weighted by atomic mass is 10.2. The molecule has 4 N–H and O–H groups in total. The number of hydrogen-bond acceptors (Lipinski definition) is 8. The van der Waals surface area contributed by atoms with E-state index in [0.717, 1.165) is 0 Å². The molecule has 4 aromatic rings. The van der Waals surface area contributed by atoms with Gasteiger partial charge in [0.15, 0.2) is 23.3 Å². The molecular formula is C14H8N2O6. The van der Waals surface area contributed by atoms with Crippen LogP contribution in [0.5, 0.6) is 0 Å². The molecule has 0 fully saturated rings. The van der Waals surface area contributed by atoms with Crippen LogP contribution in [-0.2, 0) is 0 Å². The second-order valence-electron chi connectivity index (χ2n) is 4.66. The molecule has 0 saturated heterocycles. The molecule has 0 amide bonds. The van der Waals surface area contributed by atoms with Gasteiger partial charge in [0.1, 0.15) is 0 Å². The first-order valence-corrected chi connectivity index (χ1v) is 6.18. The van der Waals surface area contributed by atoms with E-state index in [1.54, 1.807) is 0 Å². The lowest BCUT2D eigenvalue weighted by Gasteiger charge is -1.98. The zero-order valence-electron chi connectivity index (χ0n) is 10.9. The van der Waals surface area contributed by atoms with Gasteiger partial charge in [-0.15, -0.1) is 0 Å². The van der Waals surface area contributed by atoms with Crippen molar-refractivity contribution in [1.82, 2.24) is 0 Å². The fourth-order valence-electron chi connectivity index (χ4n) is 2.26. The quantitative estimate of drug-likeness (QED) is 0.543. The molecule has 4 aromatic heterocycles. The minimum atomic E-state index is -0.723. The predicted octanol–water partition coefficient (Wildman–Crippen LogP) is 1.92. The van der Waals surface area contributed by atoms with Gasteiger partial charge in [-0.1, -0.05) is 0 Å². The van der Waals surface area contributed by atoms with Crippen molar-refractivity contribution in [3.05, 3.63) is 45.1 Å². The highest BCUT2D eigenvalue weighted by Crippen LogP contribution is 2.27. The average molecular weight is 300 g/mol. The number of nitrogens with two attached hydrogens (primary N) is 2. The van der Waals surface area contributed by atoms with E-state index in [1.165, 1.54) is 24.3 Å². The summed E-state index contributed by atoms with van der Waals surface area (Å²) in [5.74, 6) is 0.298. The molecule has 0 unspecified atom stereocenters. The first-order chi connectivity index (χ1) is 10.5. The van der Waals surface area contributed by atoms with Gasteiger partial charge in [0.2, 0.25) is 11.2 Å². The Morgan fingerprint density at radius 1 is 0.636 bits per heavy atom. The largest absolute Gasteiger partial charge is 0.433 e. The van der Waals surface area contributed by atoms with Crippen LogP contribution in [0.4, 0.5) is 11.8 Å². The normalized spacial score (nSPS) is 11.5. The van der Waals surface area contributed by atoms with E-state index in [-0.39, 0.29) is 34.5 Å². The average Bonchev–Trinajstić information content (AvgIpc) is 3.00. The fourth-order valence-corrected chi connectivity index (χ4v) is 2.26. The van der Waals surface area contributed by atoms with Gasteiger partial charge in [-0.3, -0.25) is 0 Å². The Hall–Kier alpha value is -3.42. The lowest BCUT2D eigenvalue weighted by molar-refractivity contribution is 0.463. The Bertz CT molecular complexity index is 1050. The Balaban J connectivity index is 2.02. The zero-order chi connectivity index (χ0) is 15.4. The molecule has 0 saturated carbocycles. The Morgan fingerprint density at radius 3 is 1.45 bits per heavy atom. The Morgan fingerprint density at radius 2 is 1.05 bits per heavy atom. The maximum atomic E-state index is 11.9. The smallest absolute Gasteiger partial charge is 0.380 e. The minimum Gasteiger partial charge on any atom is -0.433 e. The highest BCUT2D eigenvalue weighted by molar-refractivity contribution is 5.85. The van der Waals surface area contributed by atoms with E-state index in [1.807, 2.05) is 0 Å². The molecular weight excluding hydrogens is 292 g/mol. The topological polar surface area (TPSA) is 139 Å². The van der Waals surface area contributed by atoms with Crippen LogP contribution in [0, 0.1) is 0 Å². The van der Waals surface area contributed by atoms with E-state index < -0.39 is 11.3 Å². The molecule has 22 heavy (non-hydrogen) atoms. The SMILES string of the molecule is Nc1cc2cc(-c3cc4cc(N)oc4c(=O)o3)oc(=O)c2o1. The van der Waals surface area contributed by atoms with Gasteiger partial charge in [-0.05, 0) is 12.1 Å². The molecule has 4 heterocycles. The highest BCUT2D eigenvalue weighted by atomic mass is 16.4. The second-order valence-corrected chi connectivity index (χ2v) is 4.66. The van der Waals surface area contributed by atoms with Crippen molar-refractivity contribution in [3.63, 3.8) is 0 Å². The van der Waals surface area contributed by atoms with Crippen molar-refractivity contribution in [2.75, 3.05) is 11.5 Å². The molecule has 0 radical (unpaired) electrons. The van der Waals surface area contributed by atoms with Gasteiger partial charge in [-0.25, -0.2) is 9.59 Å². The summed E-state index contributed by atoms with van der Waals surface area (Å²) in [5.41, 5.74) is 9.55. The van der Waals surface area contributed by atoms with Crippen molar-refractivity contribution >= 4 is 33.7 Å². The fraction of sp³-hybridized carbons (Fsp3) is 0. The van der Waals surface area contributed by atoms with E-state index >= 15 is 0 Å². The van der Waals surface area contributed by atoms with Gasteiger partial charge in [-0.2, -0.15) is 0 Å². The summed E-state index contributed by atoms with van der Waals surface area (Å²) >= 11 is 0. The maximum Gasteiger partial charge on any atom is 0.380 e. The molecule has 110 valence electrons. The number of furan rings is 2. The van der Waals surface area contributed by atoms with Gasteiger partial charge < -0.3 is 29.1 Å². The lowest BCUT2D eigenvalue weighted by Crippen LogP contribution is -2.01. The second kappa shape index (κ2) is 4.04. The van der Waals surface area contributed by atoms with Crippen molar-refractivity contribution in [2.24, 2.45) is 0 Å². The molecule has 0 aromatic carbocycles. The van der Waals surface area contributed by atoms with E-state index in [0.29, 0.717) is 10.8 Å². The summed E-state index contributed by atoms with van der Waals surface area (Å²) in [7, 11) is 0. The van der Waals surface area contributed by atoms with Crippen LogP contribution in [0.15, 0.2) is 51.5 Å². The summed E-state index contributed by atoms with van der Waals surface area (Å²) in [4.78, 5) is 23.7. The monoisotopic (exact) mass is 300 g/mol. The third kappa shape index (κ3) is 1.71. The summed E-state index contributed by atoms with van der Waals surface area (Å²) in [5, 5.41) is 0.886. The van der Waals surface area contributed by atoms with Crippen LogP contribution in [0.2, 0.25) is 0 Å². The standard InChI is InChI=1S/C14H8N2O6/c15-9-3-5-1-7(19-13(17)11(5)21-9)8-2-6-4-10(16)22-12(6)14(18)20-8/h1-4H,15-16H2. The molecule has 0 spiro atoms. The first-order valence-electron chi connectivity index (χ1n) is 6.18. The van der Waals surface area contributed by atoms with Crippen LogP contribution >= 0.6 is 0 Å². The minimum absolute atomic E-state index is 0.00256. The number of fused-ring (bicyclic) bond motifs is 2.